The van der Waals surface area contributed by atoms with Crippen molar-refractivity contribution < 1.29 is 19.1 Å². The minimum absolute atomic E-state index is 0.100. The summed E-state index contributed by atoms with van der Waals surface area (Å²) in [5.74, 6) is 0.338. The third-order valence-electron chi connectivity index (χ3n) is 6.04. The molecule has 2 atom stereocenters. The number of likely N-dealkylation sites (tertiary alicyclic amines) is 1. The van der Waals surface area contributed by atoms with Crippen molar-refractivity contribution in [2.75, 3.05) is 13.7 Å². The molecule has 0 unspecified atom stereocenters. The van der Waals surface area contributed by atoms with Crippen LogP contribution in [0.2, 0.25) is 0 Å². The lowest BCUT2D eigenvalue weighted by molar-refractivity contribution is -0.140. The molecule has 0 saturated carbocycles. The van der Waals surface area contributed by atoms with E-state index < -0.39 is 5.97 Å². The highest BCUT2D eigenvalue weighted by atomic mass is 32.1. The van der Waals surface area contributed by atoms with Crippen LogP contribution in [-0.4, -0.2) is 42.6 Å². The monoisotopic (exact) mass is 413 g/mol. The van der Waals surface area contributed by atoms with Gasteiger partial charge in [0.05, 0.1) is 7.11 Å². The fourth-order valence-electron chi connectivity index (χ4n) is 4.52. The van der Waals surface area contributed by atoms with E-state index in [-0.39, 0.29) is 24.6 Å². The van der Waals surface area contributed by atoms with E-state index in [9.17, 15) is 9.59 Å². The van der Waals surface area contributed by atoms with Crippen LogP contribution in [-0.2, 0) is 22.4 Å². The Morgan fingerprint density at radius 1 is 1.10 bits per heavy atom. The van der Waals surface area contributed by atoms with Gasteiger partial charge in [0.25, 0.3) is 5.91 Å². The van der Waals surface area contributed by atoms with Gasteiger partial charge in [0.15, 0.2) is 6.61 Å². The molecule has 2 aromatic rings. The second kappa shape index (κ2) is 8.19. The molecule has 0 spiro atoms. The van der Waals surface area contributed by atoms with Crippen LogP contribution in [0, 0.1) is 0 Å². The molecule has 0 bridgehead atoms. The van der Waals surface area contributed by atoms with Crippen LogP contribution in [0.25, 0.3) is 10.4 Å². The van der Waals surface area contributed by atoms with Crippen molar-refractivity contribution in [1.82, 2.24) is 4.90 Å². The molecule has 1 aliphatic carbocycles. The molecule has 1 aromatic heterocycles. The summed E-state index contributed by atoms with van der Waals surface area (Å²) >= 11 is 1.45. The van der Waals surface area contributed by atoms with Gasteiger partial charge in [0, 0.05) is 17.0 Å². The molecule has 5 nitrogen and oxygen atoms in total. The standard InChI is InChI=1S/C23H27NO4S/c1-14-5-4-6-15(2)24(14)21(25)13-28-23(26)20-12-17-8-7-16-11-18(27-3)9-10-19(16)22(17)29-20/h9-12,14-15H,4-8,13H2,1-3H3/t14-,15-/m1/s1. The van der Waals surface area contributed by atoms with Gasteiger partial charge < -0.3 is 14.4 Å². The lowest BCUT2D eigenvalue weighted by Crippen LogP contribution is -2.49. The number of aryl methyl sites for hydroxylation is 2. The third-order valence-corrected chi connectivity index (χ3v) is 7.23. The molecule has 2 heterocycles. The molecule has 1 aliphatic heterocycles. The predicted octanol–water partition coefficient (Wildman–Crippen LogP) is 4.47. The second-order valence-corrected chi connectivity index (χ2v) is 9.05. The van der Waals surface area contributed by atoms with Gasteiger partial charge in [-0.1, -0.05) is 0 Å². The fourth-order valence-corrected chi connectivity index (χ4v) is 5.69. The largest absolute Gasteiger partial charge is 0.497 e. The Bertz CT molecular complexity index is 925. The van der Waals surface area contributed by atoms with Crippen LogP contribution in [0.15, 0.2) is 24.3 Å². The summed E-state index contributed by atoms with van der Waals surface area (Å²) in [6.07, 6.45) is 4.97. The summed E-state index contributed by atoms with van der Waals surface area (Å²) in [7, 11) is 1.67. The number of ether oxygens (including phenoxy) is 2. The average molecular weight is 414 g/mol. The van der Waals surface area contributed by atoms with Crippen molar-refractivity contribution >= 4 is 23.2 Å². The maximum absolute atomic E-state index is 12.6. The number of carbonyl (C=O) groups excluding carboxylic acids is 2. The van der Waals surface area contributed by atoms with Crippen LogP contribution in [0.3, 0.4) is 0 Å². The number of esters is 1. The van der Waals surface area contributed by atoms with Gasteiger partial charge in [-0.25, -0.2) is 4.79 Å². The van der Waals surface area contributed by atoms with E-state index in [1.54, 1.807) is 7.11 Å². The normalized spacial score (nSPS) is 20.6. The van der Waals surface area contributed by atoms with Gasteiger partial charge in [0.2, 0.25) is 0 Å². The van der Waals surface area contributed by atoms with Crippen LogP contribution in [0.1, 0.15) is 53.9 Å². The first-order chi connectivity index (χ1) is 14.0. The lowest BCUT2D eigenvalue weighted by atomic mass is 9.91. The second-order valence-electron chi connectivity index (χ2n) is 7.99. The Labute approximate surface area is 175 Å². The molecule has 0 radical (unpaired) electrons. The van der Waals surface area contributed by atoms with Gasteiger partial charge >= 0.3 is 5.97 Å². The van der Waals surface area contributed by atoms with Gasteiger partial charge in [-0.05, 0) is 86.9 Å². The minimum Gasteiger partial charge on any atom is -0.497 e. The number of hydrogen-bond donors (Lipinski definition) is 0. The van der Waals surface area contributed by atoms with Crippen LogP contribution in [0.4, 0.5) is 0 Å². The van der Waals surface area contributed by atoms with Crippen molar-refractivity contribution in [1.29, 1.82) is 0 Å². The first kappa shape index (κ1) is 20.0. The zero-order valence-electron chi connectivity index (χ0n) is 17.2. The fraction of sp³-hybridized carbons (Fsp3) is 0.478. The SMILES string of the molecule is COc1ccc2c(c1)CCc1cc(C(=O)OCC(=O)N3[C@H](C)CCC[C@H]3C)sc1-2. The van der Waals surface area contributed by atoms with E-state index in [2.05, 4.69) is 26.0 Å². The number of methoxy groups -OCH3 is 1. The molecular weight excluding hydrogens is 386 g/mol. The minimum atomic E-state index is -0.412. The lowest BCUT2D eigenvalue weighted by Gasteiger charge is -2.38. The molecule has 1 saturated heterocycles. The van der Waals surface area contributed by atoms with E-state index in [0.29, 0.717) is 4.88 Å². The molecular formula is C23H27NO4S. The average Bonchev–Trinajstić information content (AvgIpc) is 3.16. The highest BCUT2D eigenvalue weighted by Crippen LogP contribution is 2.41. The van der Waals surface area contributed by atoms with E-state index in [1.165, 1.54) is 22.5 Å². The molecule has 6 heteroatoms. The Morgan fingerprint density at radius 2 is 1.83 bits per heavy atom. The van der Waals surface area contributed by atoms with Gasteiger partial charge in [0.1, 0.15) is 10.6 Å². The first-order valence-electron chi connectivity index (χ1n) is 10.3. The van der Waals surface area contributed by atoms with E-state index in [1.807, 2.05) is 17.0 Å². The van der Waals surface area contributed by atoms with Gasteiger partial charge in [-0.15, -0.1) is 11.3 Å². The smallest absolute Gasteiger partial charge is 0.348 e. The highest BCUT2D eigenvalue weighted by molar-refractivity contribution is 7.17. The van der Waals surface area contributed by atoms with Gasteiger partial charge in [-0.3, -0.25) is 4.79 Å². The number of hydrogen-bond acceptors (Lipinski definition) is 5. The van der Waals surface area contributed by atoms with Crippen molar-refractivity contribution in [3.8, 4) is 16.2 Å². The predicted molar refractivity (Wildman–Crippen MR) is 114 cm³/mol. The Hall–Kier alpha value is -2.34. The van der Waals surface area contributed by atoms with Crippen molar-refractivity contribution in [2.24, 2.45) is 0 Å². The highest BCUT2D eigenvalue weighted by Gasteiger charge is 2.30. The van der Waals surface area contributed by atoms with E-state index in [0.717, 1.165) is 48.3 Å². The van der Waals surface area contributed by atoms with E-state index >= 15 is 0 Å². The number of piperidine rings is 1. The van der Waals surface area contributed by atoms with Gasteiger partial charge in [-0.2, -0.15) is 0 Å². The molecule has 1 amide bonds. The number of rotatable bonds is 4. The number of fused-ring (bicyclic) bond motifs is 3. The topological polar surface area (TPSA) is 55.8 Å². The number of nitrogens with zero attached hydrogens (tertiary/aromatic N) is 1. The molecule has 1 fully saturated rings. The summed E-state index contributed by atoms with van der Waals surface area (Å²) in [5, 5.41) is 0. The summed E-state index contributed by atoms with van der Waals surface area (Å²) < 4.78 is 10.7. The van der Waals surface area contributed by atoms with E-state index in [4.69, 9.17) is 9.47 Å². The summed E-state index contributed by atoms with van der Waals surface area (Å²) in [6, 6.07) is 8.40. The van der Waals surface area contributed by atoms with Crippen molar-refractivity contribution in [3.63, 3.8) is 0 Å². The molecule has 2 aliphatic rings. The number of thiophene rings is 1. The maximum Gasteiger partial charge on any atom is 0.348 e. The molecule has 154 valence electrons. The quantitative estimate of drug-likeness (QED) is 0.694. The number of amides is 1. The summed E-state index contributed by atoms with van der Waals surface area (Å²) in [5.41, 5.74) is 3.56. The molecule has 0 N–H and O–H groups in total. The van der Waals surface area contributed by atoms with Crippen molar-refractivity contribution in [2.45, 2.75) is 58.0 Å². The molecule has 4 rings (SSSR count). The van der Waals surface area contributed by atoms with Crippen LogP contribution >= 0.6 is 11.3 Å². The molecule has 1 aromatic carbocycles. The third kappa shape index (κ3) is 3.90. The van der Waals surface area contributed by atoms with Crippen molar-refractivity contribution in [3.05, 3.63) is 40.3 Å². The Morgan fingerprint density at radius 3 is 2.55 bits per heavy atom. The Kier molecular flexibility index (Phi) is 5.63. The summed E-state index contributed by atoms with van der Waals surface area (Å²) in [4.78, 5) is 28.8. The molecule has 29 heavy (non-hydrogen) atoms. The van der Waals surface area contributed by atoms with Crippen LogP contribution in [0.5, 0.6) is 5.75 Å². The van der Waals surface area contributed by atoms with Crippen LogP contribution < -0.4 is 4.74 Å². The zero-order valence-corrected chi connectivity index (χ0v) is 18.0. The maximum atomic E-state index is 12.6. The summed E-state index contributed by atoms with van der Waals surface area (Å²) in [6.45, 7) is 3.94. The first-order valence-corrected chi connectivity index (χ1v) is 11.1. The Balaban J connectivity index is 1.45. The zero-order chi connectivity index (χ0) is 20.5. The number of carbonyl (C=O) groups is 2. The number of benzene rings is 1.